The Morgan fingerprint density at radius 3 is 2.56 bits per heavy atom. The molecule has 4 rings (SSSR count). The van der Waals surface area contributed by atoms with Gasteiger partial charge < -0.3 is 14.5 Å². The summed E-state index contributed by atoms with van der Waals surface area (Å²) in [4.78, 5) is 9.24. The normalized spacial score (nSPS) is 10.8. The molecule has 0 saturated heterocycles. The van der Waals surface area contributed by atoms with Crippen molar-refractivity contribution >= 4 is 22.4 Å². The number of furan rings is 1. The number of para-hydroxylation sites is 1. The average molecular weight is 331 g/mol. The van der Waals surface area contributed by atoms with Crippen LogP contribution in [0, 0.1) is 0 Å². The molecule has 2 aromatic heterocycles. The molecule has 5 nitrogen and oxygen atoms in total. The first-order valence-electron chi connectivity index (χ1n) is 8.14. The number of ether oxygens (including phenoxy) is 1. The quantitative estimate of drug-likeness (QED) is 0.555. The van der Waals surface area contributed by atoms with Gasteiger partial charge in [0, 0.05) is 11.1 Å². The monoisotopic (exact) mass is 331 g/mol. The highest BCUT2D eigenvalue weighted by Crippen LogP contribution is 2.28. The van der Waals surface area contributed by atoms with E-state index in [1.807, 2.05) is 67.6 Å². The molecule has 1 N–H and O–H groups in total. The first kappa shape index (κ1) is 15.2. The van der Waals surface area contributed by atoms with Gasteiger partial charge in [0.25, 0.3) is 0 Å². The number of fused-ring (bicyclic) bond motifs is 1. The maximum Gasteiger partial charge on any atom is 0.198 e. The molecule has 0 unspecified atom stereocenters. The van der Waals surface area contributed by atoms with E-state index < -0.39 is 0 Å². The van der Waals surface area contributed by atoms with Crippen molar-refractivity contribution in [3.05, 3.63) is 66.9 Å². The summed E-state index contributed by atoms with van der Waals surface area (Å²) in [7, 11) is 0. The Morgan fingerprint density at radius 2 is 1.80 bits per heavy atom. The summed E-state index contributed by atoms with van der Waals surface area (Å²) in [6, 6.07) is 19.4. The van der Waals surface area contributed by atoms with Gasteiger partial charge in [-0.1, -0.05) is 12.1 Å². The lowest BCUT2D eigenvalue weighted by molar-refractivity contribution is 0.340. The third-order valence-corrected chi connectivity index (χ3v) is 3.77. The number of hydrogen-bond donors (Lipinski definition) is 1. The van der Waals surface area contributed by atoms with Crippen LogP contribution in [0.2, 0.25) is 0 Å². The SMILES string of the molecule is CCOc1ccc(Nc2nc(-c3ccco3)nc3ccccc23)cc1. The van der Waals surface area contributed by atoms with Crippen LogP contribution >= 0.6 is 0 Å². The number of anilines is 2. The molecular formula is C20H17N3O2. The van der Waals surface area contributed by atoms with Crippen LogP contribution in [0.1, 0.15) is 6.92 Å². The molecule has 5 heteroatoms. The molecule has 0 atom stereocenters. The minimum atomic E-state index is 0.553. The van der Waals surface area contributed by atoms with Crippen molar-refractivity contribution < 1.29 is 9.15 Å². The molecule has 0 aliphatic rings. The molecule has 0 bridgehead atoms. The Labute approximate surface area is 145 Å². The van der Waals surface area contributed by atoms with Crippen LogP contribution < -0.4 is 10.1 Å². The van der Waals surface area contributed by atoms with Crippen LogP contribution in [0.15, 0.2) is 71.3 Å². The van der Waals surface area contributed by atoms with E-state index in [0.717, 1.165) is 28.2 Å². The topological polar surface area (TPSA) is 60.2 Å². The summed E-state index contributed by atoms with van der Waals surface area (Å²) in [5.41, 5.74) is 1.79. The molecule has 25 heavy (non-hydrogen) atoms. The van der Waals surface area contributed by atoms with Crippen LogP contribution in [-0.4, -0.2) is 16.6 Å². The van der Waals surface area contributed by atoms with E-state index in [9.17, 15) is 0 Å². The fourth-order valence-electron chi connectivity index (χ4n) is 2.63. The Bertz CT molecular complexity index is 980. The average Bonchev–Trinajstić information content (AvgIpc) is 3.18. The van der Waals surface area contributed by atoms with Crippen molar-refractivity contribution in [2.24, 2.45) is 0 Å². The van der Waals surface area contributed by atoms with E-state index in [-0.39, 0.29) is 0 Å². The Hall–Kier alpha value is -3.34. The maximum atomic E-state index is 5.48. The fraction of sp³-hybridized carbons (Fsp3) is 0.100. The lowest BCUT2D eigenvalue weighted by atomic mass is 10.2. The molecule has 2 aromatic carbocycles. The molecule has 0 fully saturated rings. The van der Waals surface area contributed by atoms with Crippen molar-refractivity contribution in [2.75, 3.05) is 11.9 Å². The number of benzene rings is 2. The van der Waals surface area contributed by atoms with Crippen LogP contribution in [0.4, 0.5) is 11.5 Å². The largest absolute Gasteiger partial charge is 0.494 e. The lowest BCUT2D eigenvalue weighted by Gasteiger charge is -2.11. The summed E-state index contributed by atoms with van der Waals surface area (Å²) in [5.74, 6) is 2.77. The molecule has 0 amide bonds. The second kappa shape index (κ2) is 6.65. The van der Waals surface area contributed by atoms with Gasteiger partial charge in [0.05, 0.1) is 18.4 Å². The molecule has 0 radical (unpaired) electrons. The van der Waals surface area contributed by atoms with Crippen molar-refractivity contribution in [1.82, 2.24) is 9.97 Å². The van der Waals surface area contributed by atoms with Gasteiger partial charge in [0.15, 0.2) is 11.6 Å². The van der Waals surface area contributed by atoms with Crippen molar-refractivity contribution in [3.63, 3.8) is 0 Å². The molecule has 2 heterocycles. The van der Waals surface area contributed by atoms with Gasteiger partial charge in [0.2, 0.25) is 0 Å². The first-order valence-corrected chi connectivity index (χ1v) is 8.14. The molecule has 124 valence electrons. The second-order valence-electron chi connectivity index (χ2n) is 5.47. The predicted octanol–water partition coefficient (Wildman–Crippen LogP) is 5.03. The highest BCUT2D eigenvalue weighted by atomic mass is 16.5. The predicted molar refractivity (Wildman–Crippen MR) is 98.1 cm³/mol. The number of nitrogens with zero attached hydrogens (tertiary/aromatic N) is 2. The van der Waals surface area contributed by atoms with Gasteiger partial charge in [-0.25, -0.2) is 9.97 Å². The minimum Gasteiger partial charge on any atom is -0.494 e. The van der Waals surface area contributed by atoms with E-state index in [1.54, 1.807) is 6.26 Å². The van der Waals surface area contributed by atoms with Gasteiger partial charge in [-0.15, -0.1) is 0 Å². The number of aromatic nitrogens is 2. The summed E-state index contributed by atoms with van der Waals surface area (Å²) < 4.78 is 10.9. The third kappa shape index (κ3) is 3.17. The zero-order chi connectivity index (χ0) is 17.1. The zero-order valence-electron chi connectivity index (χ0n) is 13.8. The van der Waals surface area contributed by atoms with Crippen LogP contribution in [-0.2, 0) is 0 Å². The first-order chi connectivity index (χ1) is 12.3. The van der Waals surface area contributed by atoms with Gasteiger partial charge >= 0.3 is 0 Å². The summed E-state index contributed by atoms with van der Waals surface area (Å²) in [5, 5.41) is 4.32. The second-order valence-corrected chi connectivity index (χ2v) is 5.47. The van der Waals surface area contributed by atoms with E-state index in [2.05, 4.69) is 15.3 Å². The van der Waals surface area contributed by atoms with Gasteiger partial charge in [-0.2, -0.15) is 0 Å². The molecule has 0 spiro atoms. The molecule has 0 aliphatic heterocycles. The number of hydrogen-bond acceptors (Lipinski definition) is 5. The summed E-state index contributed by atoms with van der Waals surface area (Å²) >= 11 is 0. The van der Waals surface area contributed by atoms with Gasteiger partial charge in [-0.3, -0.25) is 0 Å². The van der Waals surface area contributed by atoms with E-state index in [4.69, 9.17) is 9.15 Å². The van der Waals surface area contributed by atoms with Crippen molar-refractivity contribution in [3.8, 4) is 17.3 Å². The zero-order valence-corrected chi connectivity index (χ0v) is 13.8. The Morgan fingerprint density at radius 1 is 0.960 bits per heavy atom. The third-order valence-electron chi connectivity index (χ3n) is 3.77. The van der Waals surface area contributed by atoms with Crippen molar-refractivity contribution in [2.45, 2.75) is 6.92 Å². The standard InChI is InChI=1S/C20H17N3O2/c1-2-24-15-11-9-14(10-12-15)21-19-16-6-3-4-7-17(16)22-20(23-19)18-8-5-13-25-18/h3-13H,2H2,1H3,(H,21,22,23). The smallest absolute Gasteiger partial charge is 0.198 e. The van der Waals surface area contributed by atoms with E-state index in [0.29, 0.717) is 18.2 Å². The van der Waals surface area contributed by atoms with Gasteiger partial charge in [-0.05, 0) is 55.5 Å². The molecule has 4 aromatic rings. The van der Waals surface area contributed by atoms with Crippen LogP contribution in [0.5, 0.6) is 5.75 Å². The van der Waals surface area contributed by atoms with Gasteiger partial charge in [0.1, 0.15) is 11.6 Å². The highest BCUT2D eigenvalue weighted by Gasteiger charge is 2.11. The highest BCUT2D eigenvalue weighted by molar-refractivity contribution is 5.92. The summed E-state index contributed by atoms with van der Waals surface area (Å²) in [6.07, 6.45) is 1.62. The lowest BCUT2D eigenvalue weighted by Crippen LogP contribution is -1.99. The maximum absolute atomic E-state index is 5.48. The number of rotatable bonds is 5. The van der Waals surface area contributed by atoms with Crippen LogP contribution in [0.3, 0.4) is 0 Å². The van der Waals surface area contributed by atoms with E-state index >= 15 is 0 Å². The number of nitrogens with one attached hydrogen (secondary N) is 1. The van der Waals surface area contributed by atoms with Crippen LogP contribution in [0.25, 0.3) is 22.5 Å². The Kier molecular flexibility index (Phi) is 4.04. The molecule has 0 saturated carbocycles. The van der Waals surface area contributed by atoms with E-state index in [1.165, 1.54) is 0 Å². The molecule has 0 aliphatic carbocycles. The molecular weight excluding hydrogens is 314 g/mol. The minimum absolute atomic E-state index is 0.553. The summed E-state index contributed by atoms with van der Waals surface area (Å²) in [6.45, 7) is 2.62. The Balaban J connectivity index is 1.74. The fourth-order valence-corrected chi connectivity index (χ4v) is 2.63. The van der Waals surface area contributed by atoms with Crippen molar-refractivity contribution in [1.29, 1.82) is 0 Å².